The zero-order valence-electron chi connectivity index (χ0n) is 6.60. The molecule has 1 atom stereocenters. The van der Waals surface area contributed by atoms with E-state index >= 15 is 0 Å². The van der Waals surface area contributed by atoms with Crippen LogP contribution >= 0.6 is 11.8 Å². The summed E-state index contributed by atoms with van der Waals surface area (Å²) in [5, 5.41) is 8.89. The SMILES string of the molecule is CC(Sc1ccccn1)C(=O)O. The van der Waals surface area contributed by atoms with E-state index in [1.54, 1.807) is 25.3 Å². The van der Waals surface area contributed by atoms with Crippen LogP contribution in [0.25, 0.3) is 0 Å². The van der Waals surface area contributed by atoms with Crippen LogP contribution in [0.2, 0.25) is 0 Å². The Labute approximate surface area is 74.8 Å². The Morgan fingerprint density at radius 1 is 1.67 bits per heavy atom. The van der Waals surface area contributed by atoms with Crippen LogP contribution in [0.4, 0.5) is 0 Å². The molecule has 12 heavy (non-hydrogen) atoms. The van der Waals surface area contributed by atoms with Gasteiger partial charge in [0.25, 0.3) is 0 Å². The van der Waals surface area contributed by atoms with Gasteiger partial charge < -0.3 is 5.11 Å². The zero-order valence-corrected chi connectivity index (χ0v) is 7.41. The van der Waals surface area contributed by atoms with E-state index in [0.717, 1.165) is 5.03 Å². The standard InChI is InChI=1S/C8H9NO2S/c1-6(8(10)11)12-7-4-2-3-5-9-7/h2-6H,1H3,(H,10,11). The van der Waals surface area contributed by atoms with Gasteiger partial charge >= 0.3 is 5.97 Å². The maximum Gasteiger partial charge on any atom is 0.316 e. The van der Waals surface area contributed by atoms with Crippen LogP contribution in [0.15, 0.2) is 29.4 Å². The Hall–Kier alpha value is -1.03. The lowest BCUT2D eigenvalue weighted by Crippen LogP contribution is -2.11. The van der Waals surface area contributed by atoms with E-state index in [9.17, 15) is 4.79 Å². The Bertz CT molecular complexity index is 263. The van der Waals surface area contributed by atoms with Crippen molar-refractivity contribution in [2.24, 2.45) is 0 Å². The lowest BCUT2D eigenvalue weighted by Gasteiger charge is -2.03. The predicted octanol–water partition coefficient (Wildman–Crippen LogP) is 1.65. The van der Waals surface area contributed by atoms with Crippen molar-refractivity contribution in [2.75, 3.05) is 0 Å². The van der Waals surface area contributed by atoms with Crippen molar-refractivity contribution < 1.29 is 9.90 Å². The van der Waals surface area contributed by atoms with Gasteiger partial charge in [-0.05, 0) is 19.1 Å². The molecular formula is C8H9NO2S. The van der Waals surface area contributed by atoms with E-state index in [4.69, 9.17) is 5.11 Å². The first-order valence-electron chi connectivity index (χ1n) is 3.50. The van der Waals surface area contributed by atoms with Crippen LogP contribution in [0.1, 0.15) is 6.92 Å². The number of carboxylic acid groups (broad SMARTS) is 1. The highest BCUT2D eigenvalue weighted by molar-refractivity contribution is 8.00. The monoisotopic (exact) mass is 183 g/mol. The molecule has 1 rings (SSSR count). The summed E-state index contributed by atoms with van der Waals surface area (Å²) in [4.78, 5) is 14.5. The minimum absolute atomic E-state index is 0.445. The number of aromatic nitrogens is 1. The summed E-state index contributed by atoms with van der Waals surface area (Å²) < 4.78 is 0. The second kappa shape index (κ2) is 4.11. The molecule has 0 saturated carbocycles. The average Bonchev–Trinajstić information content (AvgIpc) is 2.06. The minimum Gasteiger partial charge on any atom is -0.480 e. The first-order valence-corrected chi connectivity index (χ1v) is 4.38. The molecule has 1 unspecified atom stereocenters. The number of pyridine rings is 1. The van der Waals surface area contributed by atoms with Crippen molar-refractivity contribution in [3.63, 3.8) is 0 Å². The third-order valence-corrected chi connectivity index (χ3v) is 2.32. The highest BCUT2D eigenvalue weighted by atomic mass is 32.2. The number of carbonyl (C=O) groups is 1. The topological polar surface area (TPSA) is 50.2 Å². The first-order chi connectivity index (χ1) is 5.70. The van der Waals surface area contributed by atoms with Crippen LogP contribution in [0.3, 0.4) is 0 Å². The molecule has 0 aliphatic rings. The second-order valence-electron chi connectivity index (χ2n) is 2.27. The van der Waals surface area contributed by atoms with Gasteiger partial charge in [0.05, 0.1) is 5.03 Å². The normalized spacial score (nSPS) is 12.4. The van der Waals surface area contributed by atoms with Crippen LogP contribution in [0.5, 0.6) is 0 Å². The largest absolute Gasteiger partial charge is 0.480 e. The Balaban J connectivity index is 2.58. The van der Waals surface area contributed by atoms with Gasteiger partial charge in [0.2, 0.25) is 0 Å². The predicted molar refractivity (Wildman–Crippen MR) is 47.2 cm³/mol. The number of rotatable bonds is 3. The maximum atomic E-state index is 10.5. The smallest absolute Gasteiger partial charge is 0.316 e. The highest BCUT2D eigenvalue weighted by Crippen LogP contribution is 2.19. The fourth-order valence-electron chi connectivity index (χ4n) is 0.648. The fourth-order valence-corrected chi connectivity index (χ4v) is 1.39. The van der Waals surface area contributed by atoms with Gasteiger partial charge in [0.15, 0.2) is 0 Å². The minimum atomic E-state index is -0.814. The molecule has 1 N–H and O–H groups in total. The van der Waals surface area contributed by atoms with Crippen LogP contribution in [-0.4, -0.2) is 21.3 Å². The number of carboxylic acids is 1. The van der Waals surface area contributed by atoms with Crippen LogP contribution < -0.4 is 0 Å². The molecule has 0 aliphatic carbocycles. The molecule has 1 heterocycles. The van der Waals surface area contributed by atoms with E-state index in [0.29, 0.717) is 0 Å². The van der Waals surface area contributed by atoms with Gasteiger partial charge in [-0.1, -0.05) is 17.8 Å². The van der Waals surface area contributed by atoms with Gasteiger partial charge in [-0.3, -0.25) is 4.79 Å². The summed E-state index contributed by atoms with van der Waals surface area (Å²) >= 11 is 1.24. The fraction of sp³-hybridized carbons (Fsp3) is 0.250. The molecule has 0 bridgehead atoms. The van der Waals surface area contributed by atoms with Crippen LogP contribution in [0, 0.1) is 0 Å². The molecule has 0 fully saturated rings. The summed E-state index contributed by atoms with van der Waals surface area (Å²) in [6.45, 7) is 1.64. The summed E-state index contributed by atoms with van der Waals surface area (Å²) in [7, 11) is 0. The van der Waals surface area contributed by atoms with Crippen molar-refractivity contribution in [1.82, 2.24) is 4.98 Å². The molecular weight excluding hydrogens is 174 g/mol. The summed E-state index contributed by atoms with van der Waals surface area (Å²) in [6.07, 6.45) is 1.65. The van der Waals surface area contributed by atoms with Crippen molar-refractivity contribution in [3.8, 4) is 0 Å². The van der Waals surface area contributed by atoms with E-state index in [-0.39, 0.29) is 0 Å². The quantitative estimate of drug-likeness (QED) is 0.724. The van der Waals surface area contributed by atoms with Gasteiger partial charge in [-0.2, -0.15) is 0 Å². The van der Waals surface area contributed by atoms with Gasteiger partial charge in [0, 0.05) is 6.20 Å². The molecule has 4 heteroatoms. The third kappa shape index (κ3) is 2.54. The van der Waals surface area contributed by atoms with E-state index in [1.807, 2.05) is 6.07 Å². The molecule has 64 valence electrons. The number of thioether (sulfide) groups is 1. The van der Waals surface area contributed by atoms with Crippen molar-refractivity contribution >= 4 is 17.7 Å². The summed E-state index contributed by atoms with van der Waals surface area (Å²) in [5.41, 5.74) is 0. The molecule has 0 aliphatic heterocycles. The molecule has 3 nitrogen and oxygen atoms in total. The highest BCUT2D eigenvalue weighted by Gasteiger charge is 2.12. The van der Waals surface area contributed by atoms with Crippen LogP contribution in [-0.2, 0) is 4.79 Å². The lowest BCUT2D eigenvalue weighted by atomic mass is 10.5. The number of aliphatic carboxylic acids is 1. The molecule has 1 aromatic rings. The molecule has 1 aromatic heterocycles. The van der Waals surface area contributed by atoms with Crippen molar-refractivity contribution in [3.05, 3.63) is 24.4 Å². The molecule has 0 saturated heterocycles. The maximum absolute atomic E-state index is 10.5. The summed E-state index contributed by atoms with van der Waals surface area (Å²) in [6, 6.07) is 5.43. The van der Waals surface area contributed by atoms with E-state index in [1.165, 1.54) is 11.8 Å². The Morgan fingerprint density at radius 3 is 2.92 bits per heavy atom. The number of hydrogen-bond acceptors (Lipinski definition) is 3. The molecule has 0 radical (unpaired) electrons. The van der Waals surface area contributed by atoms with Gasteiger partial charge in [-0.25, -0.2) is 4.98 Å². The van der Waals surface area contributed by atoms with Gasteiger partial charge in [-0.15, -0.1) is 0 Å². The van der Waals surface area contributed by atoms with E-state index < -0.39 is 11.2 Å². The Morgan fingerprint density at radius 2 is 2.42 bits per heavy atom. The second-order valence-corrected chi connectivity index (χ2v) is 3.63. The average molecular weight is 183 g/mol. The van der Waals surface area contributed by atoms with Crippen molar-refractivity contribution in [1.29, 1.82) is 0 Å². The Kier molecular flexibility index (Phi) is 3.10. The molecule has 0 aromatic carbocycles. The third-order valence-electron chi connectivity index (χ3n) is 1.28. The molecule has 0 spiro atoms. The number of hydrogen-bond donors (Lipinski definition) is 1. The van der Waals surface area contributed by atoms with E-state index in [2.05, 4.69) is 4.98 Å². The first kappa shape index (κ1) is 9.06. The summed E-state index contributed by atoms with van der Waals surface area (Å²) in [5.74, 6) is -0.814. The van der Waals surface area contributed by atoms with Gasteiger partial charge in [0.1, 0.15) is 5.25 Å². The van der Waals surface area contributed by atoms with Crippen molar-refractivity contribution in [2.45, 2.75) is 17.2 Å². The number of nitrogens with zero attached hydrogens (tertiary/aromatic N) is 1. The lowest BCUT2D eigenvalue weighted by molar-refractivity contribution is -0.136. The molecule has 0 amide bonds. The zero-order chi connectivity index (χ0) is 8.97.